The third kappa shape index (κ3) is 3.99. The summed E-state index contributed by atoms with van der Waals surface area (Å²) in [4.78, 5) is 14.7. The monoisotopic (exact) mass is 373 g/mol. The first kappa shape index (κ1) is 19.0. The molecular formula is C21H24FNO4. The van der Waals surface area contributed by atoms with E-state index in [0.29, 0.717) is 18.0 Å². The number of rotatable bonds is 6. The van der Waals surface area contributed by atoms with Crippen LogP contribution in [0.15, 0.2) is 42.5 Å². The van der Waals surface area contributed by atoms with E-state index in [2.05, 4.69) is 0 Å². The summed E-state index contributed by atoms with van der Waals surface area (Å²) in [6.45, 7) is 2.29. The van der Waals surface area contributed by atoms with Gasteiger partial charge in [-0.15, -0.1) is 0 Å². The highest BCUT2D eigenvalue weighted by Crippen LogP contribution is 2.37. The minimum absolute atomic E-state index is 0.0658. The predicted molar refractivity (Wildman–Crippen MR) is 99.7 cm³/mol. The van der Waals surface area contributed by atoms with Crippen molar-refractivity contribution >= 4 is 5.91 Å². The highest BCUT2D eigenvalue weighted by Gasteiger charge is 2.34. The van der Waals surface area contributed by atoms with Gasteiger partial charge in [0.25, 0.3) is 5.91 Å². The molecule has 0 aromatic heterocycles. The van der Waals surface area contributed by atoms with Crippen molar-refractivity contribution in [3.8, 4) is 17.2 Å². The second kappa shape index (κ2) is 8.29. The second-order valence-corrected chi connectivity index (χ2v) is 6.49. The molecule has 0 radical (unpaired) electrons. The fourth-order valence-corrected chi connectivity index (χ4v) is 3.45. The third-order valence-corrected chi connectivity index (χ3v) is 4.82. The Hall–Kier alpha value is -2.76. The number of benzene rings is 2. The van der Waals surface area contributed by atoms with E-state index in [-0.39, 0.29) is 17.7 Å². The Morgan fingerprint density at radius 3 is 2.56 bits per heavy atom. The maximum absolute atomic E-state index is 13.8. The smallest absolute Gasteiger partial charge is 0.263 e. The molecule has 0 aliphatic carbocycles. The van der Waals surface area contributed by atoms with Crippen LogP contribution in [-0.2, 0) is 4.79 Å². The summed E-state index contributed by atoms with van der Waals surface area (Å²) in [5, 5.41) is 0. The minimum Gasteiger partial charge on any atom is -0.493 e. The van der Waals surface area contributed by atoms with Crippen molar-refractivity contribution in [1.29, 1.82) is 0 Å². The van der Waals surface area contributed by atoms with Gasteiger partial charge in [-0.2, -0.15) is 0 Å². The van der Waals surface area contributed by atoms with Crippen LogP contribution in [0.5, 0.6) is 17.2 Å². The zero-order chi connectivity index (χ0) is 19.4. The lowest BCUT2D eigenvalue weighted by Gasteiger charge is -2.28. The average molecular weight is 373 g/mol. The summed E-state index contributed by atoms with van der Waals surface area (Å²) in [7, 11) is 3.17. The highest BCUT2D eigenvalue weighted by atomic mass is 19.1. The molecule has 0 spiro atoms. The van der Waals surface area contributed by atoms with Gasteiger partial charge in [0.1, 0.15) is 0 Å². The molecule has 5 nitrogen and oxygen atoms in total. The summed E-state index contributed by atoms with van der Waals surface area (Å²) >= 11 is 0. The van der Waals surface area contributed by atoms with Crippen molar-refractivity contribution < 1.29 is 23.4 Å². The first-order valence-corrected chi connectivity index (χ1v) is 8.98. The van der Waals surface area contributed by atoms with Crippen LogP contribution in [-0.4, -0.2) is 37.7 Å². The van der Waals surface area contributed by atoms with Crippen molar-refractivity contribution in [2.45, 2.75) is 31.9 Å². The SMILES string of the molecule is COc1ccc([C@H]2CCCN2C(=O)[C@H](C)Oc2ccccc2F)cc1OC. The Kier molecular flexibility index (Phi) is 5.84. The Balaban J connectivity index is 1.77. The lowest BCUT2D eigenvalue weighted by Crippen LogP contribution is -2.40. The summed E-state index contributed by atoms with van der Waals surface area (Å²) in [6.07, 6.45) is 0.979. The first-order chi connectivity index (χ1) is 13.0. The summed E-state index contributed by atoms with van der Waals surface area (Å²) in [6, 6.07) is 11.7. The molecule has 0 N–H and O–H groups in total. The van der Waals surface area contributed by atoms with E-state index in [1.54, 1.807) is 38.2 Å². The van der Waals surface area contributed by atoms with Gasteiger partial charge in [0.2, 0.25) is 0 Å². The van der Waals surface area contributed by atoms with Crippen molar-refractivity contribution in [3.63, 3.8) is 0 Å². The lowest BCUT2D eigenvalue weighted by atomic mass is 10.0. The molecule has 1 fully saturated rings. The third-order valence-electron chi connectivity index (χ3n) is 4.82. The van der Waals surface area contributed by atoms with Crippen LogP contribution in [0.25, 0.3) is 0 Å². The van der Waals surface area contributed by atoms with Gasteiger partial charge in [-0.05, 0) is 49.6 Å². The van der Waals surface area contributed by atoms with Crippen LogP contribution in [0.3, 0.4) is 0 Å². The van der Waals surface area contributed by atoms with Crippen LogP contribution < -0.4 is 14.2 Å². The number of amides is 1. The van der Waals surface area contributed by atoms with Gasteiger partial charge in [-0.3, -0.25) is 4.79 Å². The van der Waals surface area contributed by atoms with E-state index in [4.69, 9.17) is 14.2 Å². The van der Waals surface area contributed by atoms with Crippen molar-refractivity contribution in [2.75, 3.05) is 20.8 Å². The lowest BCUT2D eigenvalue weighted by molar-refractivity contribution is -0.139. The van der Waals surface area contributed by atoms with Crippen molar-refractivity contribution in [1.82, 2.24) is 4.90 Å². The van der Waals surface area contributed by atoms with E-state index in [0.717, 1.165) is 18.4 Å². The quantitative estimate of drug-likeness (QED) is 0.769. The number of carbonyl (C=O) groups excluding carboxylic acids is 1. The van der Waals surface area contributed by atoms with Gasteiger partial charge in [0.15, 0.2) is 29.2 Å². The predicted octanol–water partition coefficient (Wildman–Crippen LogP) is 3.97. The summed E-state index contributed by atoms with van der Waals surface area (Å²) in [5.41, 5.74) is 0.983. The van der Waals surface area contributed by atoms with E-state index in [9.17, 15) is 9.18 Å². The number of para-hydroxylation sites is 1. The number of likely N-dealkylation sites (tertiary alicyclic amines) is 1. The molecule has 1 aliphatic heterocycles. The van der Waals surface area contributed by atoms with Crippen LogP contribution >= 0.6 is 0 Å². The Morgan fingerprint density at radius 1 is 1.11 bits per heavy atom. The molecule has 1 saturated heterocycles. The first-order valence-electron chi connectivity index (χ1n) is 8.98. The molecule has 27 heavy (non-hydrogen) atoms. The highest BCUT2D eigenvalue weighted by molar-refractivity contribution is 5.81. The fourth-order valence-electron chi connectivity index (χ4n) is 3.45. The molecule has 6 heteroatoms. The Morgan fingerprint density at radius 2 is 1.85 bits per heavy atom. The number of carbonyl (C=O) groups is 1. The van der Waals surface area contributed by atoms with Crippen LogP contribution in [0, 0.1) is 5.82 Å². The molecule has 0 saturated carbocycles. The van der Waals surface area contributed by atoms with Crippen molar-refractivity contribution in [2.24, 2.45) is 0 Å². The van der Waals surface area contributed by atoms with Crippen LogP contribution in [0.2, 0.25) is 0 Å². The molecule has 144 valence electrons. The van der Waals surface area contributed by atoms with Crippen LogP contribution in [0.1, 0.15) is 31.4 Å². The molecule has 2 aromatic rings. The standard InChI is InChI=1S/C21H24FNO4/c1-14(27-18-9-5-4-7-16(18)22)21(24)23-12-6-8-17(23)15-10-11-19(25-2)20(13-15)26-3/h4-5,7,9-11,13-14,17H,6,8,12H2,1-3H3/t14-,17+/m0/s1. The van der Waals surface area contributed by atoms with Gasteiger partial charge >= 0.3 is 0 Å². The maximum atomic E-state index is 13.8. The summed E-state index contributed by atoms with van der Waals surface area (Å²) < 4.78 is 30.0. The number of halogens is 1. The van der Waals surface area contributed by atoms with Gasteiger partial charge in [0, 0.05) is 6.54 Å². The molecule has 1 aliphatic rings. The van der Waals surface area contributed by atoms with Gasteiger partial charge < -0.3 is 19.1 Å². The molecule has 1 amide bonds. The fraction of sp³-hybridized carbons (Fsp3) is 0.381. The Labute approximate surface area is 158 Å². The number of ether oxygens (including phenoxy) is 3. The average Bonchev–Trinajstić information content (AvgIpc) is 3.18. The number of nitrogens with zero attached hydrogens (tertiary/aromatic N) is 1. The van der Waals surface area contributed by atoms with Crippen molar-refractivity contribution in [3.05, 3.63) is 53.8 Å². The van der Waals surface area contributed by atoms with Gasteiger partial charge in [0.05, 0.1) is 20.3 Å². The van der Waals surface area contributed by atoms with E-state index >= 15 is 0 Å². The van der Waals surface area contributed by atoms with Gasteiger partial charge in [-0.25, -0.2) is 4.39 Å². The van der Waals surface area contributed by atoms with E-state index in [1.165, 1.54) is 12.1 Å². The van der Waals surface area contributed by atoms with E-state index < -0.39 is 11.9 Å². The molecular weight excluding hydrogens is 349 g/mol. The normalized spacial score (nSPS) is 17.5. The number of methoxy groups -OCH3 is 2. The molecule has 3 rings (SSSR count). The number of hydrogen-bond donors (Lipinski definition) is 0. The van der Waals surface area contributed by atoms with E-state index in [1.807, 2.05) is 18.2 Å². The minimum atomic E-state index is -0.775. The zero-order valence-corrected chi connectivity index (χ0v) is 15.8. The number of hydrogen-bond acceptors (Lipinski definition) is 4. The zero-order valence-electron chi connectivity index (χ0n) is 15.8. The van der Waals surface area contributed by atoms with Gasteiger partial charge in [-0.1, -0.05) is 18.2 Å². The summed E-state index contributed by atoms with van der Waals surface area (Å²) in [5.74, 6) is 0.726. The second-order valence-electron chi connectivity index (χ2n) is 6.49. The Bertz CT molecular complexity index is 811. The topological polar surface area (TPSA) is 48.0 Å². The molecule has 2 atom stereocenters. The molecule has 1 heterocycles. The molecule has 2 aromatic carbocycles. The maximum Gasteiger partial charge on any atom is 0.263 e. The molecule has 0 unspecified atom stereocenters. The molecule has 0 bridgehead atoms. The van der Waals surface area contributed by atoms with Crippen LogP contribution in [0.4, 0.5) is 4.39 Å². The largest absolute Gasteiger partial charge is 0.493 e.